The number of benzene rings is 4. The van der Waals surface area contributed by atoms with Crippen LogP contribution < -0.4 is 0 Å². The third-order valence-corrected chi connectivity index (χ3v) is 5.42. The lowest BCUT2D eigenvalue weighted by Gasteiger charge is -2.12. The first-order chi connectivity index (χ1) is 13.2. The van der Waals surface area contributed by atoms with Crippen LogP contribution in [0.3, 0.4) is 0 Å². The molecule has 1 nitrogen and oxygen atoms in total. The van der Waals surface area contributed by atoms with Crippen LogP contribution >= 0.6 is 0 Å². The van der Waals surface area contributed by atoms with Crippen molar-refractivity contribution in [3.05, 3.63) is 102 Å². The van der Waals surface area contributed by atoms with Gasteiger partial charge in [-0.2, -0.15) is 0 Å². The summed E-state index contributed by atoms with van der Waals surface area (Å²) >= 11 is 0. The van der Waals surface area contributed by atoms with Crippen molar-refractivity contribution < 1.29 is 0 Å². The highest BCUT2D eigenvalue weighted by Crippen LogP contribution is 2.36. The number of aryl methyl sites for hydroxylation is 2. The molecule has 5 rings (SSSR count). The zero-order valence-electron chi connectivity index (χ0n) is 15.6. The van der Waals surface area contributed by atoms with E-state index in [4.69, 9.17) is 0 Å². The minimum atomic E-state index is 1.21. The summed E-state index contributed by atoms with van der Waals surface area (Å²) in [5, 5.41) is 2.64. The molecule has 0 saturated heterocycles. The fourth-order valence-electron chi connectivity index (χ4n) is 4.17. The Morgan fingerprint density at radius 2 is 1.07 bits per heavy atom. The van der Waals surface area contributed by atoms with Crippen LogP contribution in [0, 0.1) is 13.8 Å². The highest BCUT2D eigenvalue weighted by Gasteiger charge is 2.15. The summed E-state index contributed by atoms with van der Waals surface area (Å²) in [6, 6.07) is 32.6. The van der Waals surface area contributed by atoms with Gasteiger partial charge >= 0.3 is 0 Å². The fraction of sp³-hybridized carbons (Fsp3) is 0.0769. The van der Waals surface area contributed by atoms with Crippen LogP contribution in [0.1, 0.15) is 11.1 Å². The lowest BCUT2D eigenvalue weighted by molar-refractivity contribution is 1.16. The Balaban J connectivity index is 1.88. The van der Waals surface area contributed by atoms with Gasteiger partial charge in [-0.05, 0) is 48.2 Å². The monoisotopic (exact) mass is 347 g/mol. The quantitative estimate of drug-likeness (QED) is 0.322. The molecule has 130 valence electrons. The molecule has 1 aromatic heterocycles. The Bertz CT molecular complexity index is 1220. The number of hydrogen-bond acceptors (Lipinski definition) is 0. The standard InChI is InChI=1S/C26H21N/c1-18-9-6-15-23-24-16-7-10-19(2)26(24)27(25(18)23)22-14-8-13-21(17-22)20-11-4-3-5-12-20/h3-17H,1-2H3. The molecule has 0 atom stereocenters. The molecule has 0 saturated carbocycles. The van der Waals surface area contributed by atoms with E-state index in [0.717, 1.165) is 0 Å². The van der Waals surface area contributed by atoms with Crippen LogP contribution in [0.15, 0.2) is 91.0 Å². The van der Waals surface area contributed by atoms with Gasteiger partial charge in [0, 0.05) is 16.5 Å². The average Bonchev–Trinajstić information content (AvgIpc) is 3.06. The summed E-state index contributed by atoms with van der Waals surface area (Å²) < 4.78 is 2.43. The maximum atomic E-state index is 2.43. The normalized spacial score (nSPS) is 11.3. The highest BCUT2D eigenvalue weighted by molar-refractivity contribution is 6.11. The van der Waals surface area contributed by atoms with Crippen molar-refractivity contribution in [3.8, 4) is 16.8 Å². The Kier molecular flexibility index (Phi) is 3.61. The van der Waals surface area contributed by atoms with Gasteiger partial charge in [0.2, 0.25) is 0 Å². The smallest absolute Gasteiger partial charge is 0.0570 e. The van der Waals surface area contributed by atoms with Crippen molar-refractivity contribution >= 4 is 21.8 Å². The van der Waals surface area contributed by atoms with Crippen LogP contribution in [-0.4, -0.2) is 4.57 Å². The van der Waals surface area contributed by atoms with E-state index < -0.39 is 0 Å². The van der Waals surface area contributed by atoms with E-state index in [1.54, 1.807) is 0 Å². The Morgan fingerprint density at radius 3 is 1.70 bits per heavy atom. The van der Waals surface area contributed by atoms with Crippen molar-refractivity contribution in [2.45, 2.75) is 13.8 Å². The van der Waals surface area contributed by atoms with Crippen molar-refractivity contribution in [1.82, 2.24) is 4.57 Å². The lowest BCUT2D eigenvalue weighted by atomic mass is 10.1. The predicted molar refractivity (Wildman–Crippen MR) is 116 cm³/mol. The Morgan fingerprint density at radius 1 is 0.519 bits per heavy atom. The Labute approximate surface area is 159 Å². The molecular weight excluding hydrogens is 326 g/mol. The molecule has 0 aliphatic rings. The van der Waals surface area contributed by atoms with E-state index in [1.807, 2.05) is 0 Å². The largest absolute Gasteiger partial charge is 0.309 e. The number of fused-ring (bicyclic) bond motifs is 3. The zero-order valence-corrected chi connectivity index (χ0v) is 15.6. The minimum Gasteiger partial charge on any atom is -0.309 e. The molecule has 27 heavy (non-hydrogen) atoms. The van der Waals surface area contributed by atoms with Crippen molar-refractivity contribution in [2.24, 2.45) is 0 Å². The second kappa shape index (κ2) is 6.14. The van der Waals surface area contributed by atoms with E-state index in [9.17, 15) is 0 Å². The molecule has 4 aromatic carbocycles. The molecule has 1 heteroatoms. The van der Waals surface area contributed by atoms with Crippen LogP contribution in [0.25, 0.3) is 38.6 Å². The molecule has 0 amide bonds. The van der Waals surface area contributed by atoms with Gasteiger partial charge in [0.25, 0.3) is 0 Å². The van der Waals surface area contributed by atoms with Gasteiger partial charge in [-0.15, -0.1) is 0 Å². The molecule has 0 bridgehead atoms. The summed E-state index contributed by atoms with van der Waals surface area (Å²) in [7, 11) is 0. The fourth-order valence-corrected chi connectivity index (χ4v) is 4.17. The highest BCUT2D eigenvalue weighted by atomic mass is 15.0. The first kappa shape index (κ1) is 15.9. The molecule has 0 unspecified atom stereocenters. The molecule has 0 aliphatic carbocycles. The number of hydrogen-bond donors (Lipinski definition) is 0. The number of aromatic nitrogens is 1. The van der Waals surface area contributed by atoms with E-state index >= 15 is 0 Å². The van der Waals surface area contributed by atoms with Gasteiger partial charge in [0.1, 0.15) is 0 Å². The predicted octanol–water partition coefficient (Wildman–Crippen LogP) is 7.07. The summed E-state index contributed by atoms with van der Waals surface area (Å²) in [5.41, 5.74) is 8.89. The van der Waals surface area contributed by atoms with Gasteiger partial charge in [0.05, 0.1) is 11.0 Å². The second-order valence-electron chi connectivity index (χ2n) is 7.19. The van der Waals surface area contributed by atoms with Crippen molar-refractivity contribution in [2.75, 3.05) is 0 Å². The van der Waals surface area contributed by atoms with E-state index in [1.165, 1.54) is 49.7 Å². The van der Waals surface area contributed by atoms with Crippen molar-refractivity contribution in [3.63, 3.8) is 0 Å². The van der Waals surface area contributed by atoms with Crippen LogP contribution in [0.2, 0.25) is 0 Å². The van der Waals surface area contributed by atoms with Crippen LogP contribution in [0.4, 0.5) is 0 Å². The molecule has 0 aliphatic heterocycles. The summed E-state index contributed by atoms with van der Waals surface area (Å²) in [6.45, 7) is 4.40. The molecular formula is C26H21N. The zero-order chi connectivity index (χ0) is 18.4. The Hall–Kier alpha value is -3.32. The molecule has 0 spiro atoms. The van der Waals surface area contributed by atoms with E-state index in [0.29, 0.717) is 0 Å². The van der Waals surface area contributed by atoms with E-state index in [2.05, 4.69) is 109 Å². The molecule has 0 radical (unpaired) electrons. The first-order valence-corrected chi connectivity index (χ1v) is 9.39. The van der Waals surface area contributed by atoms with Crippen molar-refractivity contribution in [1.29, 1.82) is 0 Å². The average molecular weight is 347 g/mol. The molecule has 5 aromatic rings. The van der Waals surface area contributed by atoms with Gasteiger partial charge < -0.3 is 4.57 Å². The topological polar surface area (TPSA) is 4.93 Å². The maximum absolute atomic E-state index is 2.43. The van der Waals surface area contributed by atoms with Gasteiger partial charge in [-0.25, -0.2) is 0 Å². The lowest BCUT2D eigenvalue weighted by Crippen LogP contribution is -1.97. The summed E-state index contributed by atoms with van der Waals surface area (Å²) in [6.07, 6.45) is 0. The number of nitrogens with zero attached hydrogens (tertiary/aromatic N) is 1. The minimum absolute atomic E-state index is 1.21. The molecule has 1 heterocycles. The molecule has 0 N–H and O–H groups in total. The summed E-state index contributed by atoms with van der Waals surface area (Å²) in [5.74, 6) is 0. The first-order valence-electron chi connectivity index (χ1n) is 9.39. The van der Waals surface area contributed by atoms with Crippen LogP contribution in [0.5, 0.6) is 0 Å². The van der Waals surface area contributed by atoms with E-state index in [-0.39, 0.29) is 0 Å². The van der Waals surface area contributed by atoms with Gasteiger partial charge in [0.15, 0.2) is 0 Å². The van der Waals surface area contributed by atoms with Gasteiger partial charge in [-0.1, -0.05) is 78.9 Å². The second-order valence-corrected chi connectivity index (χ2v) is 7.19. The molecule has 0 fully saturated rings. The van der Waals surface area contributed by atoms with Gasteiger partial charge in [-0.3, -0.25) is 0 Å². The third-order valence-electron chi connectivity index (χ3n) is 5.42. The third kappa shape index (κ3) is 2.47. The SMILES string of the molecule is Cc1cccc2c3cccc(C)c3n(-c3cccc(-c4ccccc4)c3)c12. The maximum Gasteiger partial charge on any atom is 0.0570 e. The number of rotatable bonds is 2. The van der Waals surface area contributed by atoms with Crippen LogP contribution in [-0.2, 0) is 0 Å². The number of para-hydroxylation sites is 2. The summed E-state index contributed by atoms with van der Waals surface area (Å²) in [4.78, 5) is 0.